The number of carbonyl (C=O) groups is 1. The number of para-hydroxylation sites is 1. The molecule has 0 aliphatic carbocycles. The number of nitrogens with one attached hydrogen (secondary N) is 1. The Balaban J connectivity index is 0.00000256. The number of anilines is 2. The number of halogens is 1. The van der Waals surface area contributed by atoms with Crippen molar-refractivity contribution in [2.45, 2.75) is 25.9 Å². The summed E-state index contributed by atoms with van der Waals surface area (Å²) in [7, 11) is 0. The van der Waals surface area contributed by atoms with Crippen LogP contribution in [0.4, 0.5) is 11.4 Å². The molecule has 0 fully saturated rings. The van der Waals surface area contributed by atoms with Crippen molar-refractivity contribution in [3.63, 3.8) is 0 Å². The van der Waals surface area contributed by atoms with E-state index in [1.54, 1.807) is 30.5 Å². The highest BCUT2D eigenvalue weighted by atomic mass is 35.5. The summed E-state index contributed by atoms with van der Waals surface area (Å²) in [5.41, 5.74) is 9.55. The molecule has 4 rings (SSSR count). The van der Waals surface area contributed by atoms with Crippen molar-refractivity contribution < 1.29 is 13.9 Å². The first-order valence-electron chi connectivity index (χ1n) is 9.81. The Morgan fingerprint density at radius 1 is 1.20 bits per heavy atom. The molecule has 7 heteroatoms. The first-order chi connectivity index (χ1) is 14.2. The van der Waals surface area contributed by atoms with Gasteiger partial charge in [0.05, 0.1) is 6.26 Å². The summed E-state index contributed by atoms with van der Waals surface area (Å²) in [5.74, 6) is 0.791. The maximum atomic E-state index is 12.8. The van der Waals surface area contributed by atoms with Crippen LogP contribution < -0.4 is 20.7 Å². The van der Waals surface area contributed by atoms with Gasteiger partial charge in [-0.1, -0.05) is 18.2 Å². The smallest absolute Gasteiger partial charge is 0.291 e. The van der Waals surface area contributed by atoms with E-state index in [1.807, 2.05) is 12.1 Å². The Morgan fingerprint density at radius 2 is 1.97 bits per heavy atom. The van der Waals surface area contributed by atoms with Crippen molar-refractivity contribution in [3.05, 3.63) is 77.7 Å². The average Bonchev–Trinajstić information content (AvgIpc) is 3.32. The van der Waals surface area contributed by atoms with Gasteiger partial charge in [0.25, 0.3) is 5.91 Å². The van der Waals surface area contributed by atoms with Crippen LogP contribution >= 0.6 is 12.4 Å². The maximum absolute atomic E-state index is 12.8. The van der Waals surface area contributed by atoms with Crippen LogP contribution in [-0.4, -0.2) is 25.1 Å². The molecule has 0 saturated carbocycles. The molecule has 0 bridgehead atoms. The summed E-state index contributed by atoms with van der Waals surface area (Å²) in [6.07, 6.45) is 2.58. The number of benzene rings is 2. The van der Waals surface area contributed by atoms with Gasteiger partial charge in [-0.3, -0.25) is 4.79 Å². The van der Waals surface area contributed by atoms with Crippen molar-refractivity contribution in [2.24, 2.45) is 5.73 Å². The quantitative estimate of drug-likeness (QED) is 0.589. The molecule has 158 valence electrons. The summed E-state index contributed by atoms with van der Waals surface area (Å²) in [4.78, 5) is 15.1. The number of fused-ring (bicyclic) bond motifs is 1. The third-order valence-corrected chi connectivity index (χ3v) is 5.14. The molecule has 3 N–H and O–H groups in total. The van der Waals surface area contributed by atoms with Gasteiger partial charge >= 0.3 is 0 Å². The van der Waals surface area contributed by atoms with Crippen LogP contribution in [0.3, 0.4) is 0 Å². The number of amides is 1. The first kappa shape index (κ1) is 21.7. The summed E-state index contributed by atoms with van der Waals surface area (Å²) < 4.78 is 11.0. The fraction of sp³-hybridized carbons (Fsp3) is 0.261. The number of nitrogens with zero attached hydrogens (tertiary/aromatic N) is 1. The largest absolute Gasteiger partial charge is 0.492 e. The predicted molar refractivity (Wildman–Crippen MR) is 121 cm³/mol. The van der Waals surface area contributed by atoms with E-state index in [1.165, 1.54) is 11.3 Å². The first-order valence-corrected chi connectivity index (χ1v) is 9.81. The lowest BCUT2D eigenvalue weighted by Crippen LogP contribution is -2.29. The Hall–Kier alpha value is -2.96. The Bertz CT molecular complexity index is 987. The third kappa shape index (κ3) is 4.61. The number of hydrogen-bond acceptors (Lipinski definition) is 5. The van der Waals surface area contributed by atoms with Gasteiger partial charge in [0.1, 0.15) is 12.4 Å². The number of rotatable bonds is 7. The van der Waals surface area contributed by atoms with Gasteiger partial charge in [-0.2, -0.15) is 0 Å². The van der Waals surface area contributed by atoms with Gasteiger partial charge in [0, 0.05) is 36.1 Å². The Morgan fingerprint density at radius 3 is 2.73 bits per heavy atom. The second kappa shape index (κ2) is 9.69. The molecule has 1 aromatic heterocycles. The Labute approximate surface area is 182 Å². The maximum Gasteiger partial charge on any atom is 0.291 e. The Kier molecular flexibility index (Phi) is 7.03. The summed E-state index contributed by atoms with van der Waals surface area (Å²) in [6, 6.07) is 17.9. The van der Waals surface area contributed by atoms with Gasteiger partial charge in [0.15, 0.2) is 5.76 Å². The van der Waals surface area contributed by atoms with E-state index >= 15 is 0 Å². The van der Waals surface area contributed by atoms with Crippen LogP contribution in [0, 0.1) is 0 Å². The zero-order valence-corrected chi connectivity index (χ0v) is 17.7. The lowest BCUT2D eigenvalue weighted by Gasteiger charge is -2.24. The molecule has 1 atom stereocenters. The molecule has 0 saturated heterocycles. The second-order valence-corrected chi connectivity index (χ2v) is 7.20. The van der Waals surface area contributed by atoms with E-state index < -0.39 is 0 Å². The number of hydrogen-bond donors (Lipinski definition) is 2. The molecule has 1 unspecified atom stereocenters. The van der Waals surface area contributed by atoms with Crippen molar-refractivity contribution in [2.75, 3.05) is 23.4 Å². The van der Waals surface area contributed by atoms with Crippen LogP contribution in [0.2, 0.25) is 0 Å². The van der Waals surface area contributed by atoms with E-state index in [2.05, 4.69) is 35.3 Å². The minimum atomic E-state index is -0.263. The highest BCUT2D eigenvalue weighted by Gasteiger charge is 2.27. The minimum Gasteiger partial charge on any atom is -0.492 e. The third-order valence-electron chi connectivity index (χ3n) is 5.14. The van der Waals surface area contributed by atoms with Gasteiger partial charge in [-0.15, -0.1) is 12.4 Å². The minimum absolute atomic E-state index is 0. The fourth-order valence-corrected chi connectivity index (χ4v) is 3.71. The molecular formula is C23H26ClN3O3. The van der Waals surface area contributed by atoms with E-state index in [4.69, 9.17) is 14.9 Å². The second-order valence-electron chi connectivity index (χ2n) is 7.20. The van der Waals surface area contributed by atoms with Crippen molar-refractivity contribution >= 4 is 29.7 Å². The lowest BCUT2D eigenvalue weighted by atomic mass is 10.1. The van der Waals surface area contributed by atoms with E-state index in [0.717, 1.165) is 12.0 Å². The van der Waals surface area contributed by atoms with Gasteiger partial charge in [-0.25, -0.2) is 0 Å². The molecule has 0 radical (unpaired) electrons. The number of ether oxygens (including phenoxy) is 1. The monoisotopic (exact) mass is 427 g/mol. The molecule has 2 aromatic carbocycles. The molecule has 2 heterocycles. The van der Waals surface area contributed by atoms with E-state index in [-0.39, 0.29) is 18.3 Å². The predicted octanol–water partition coefficient (Wildman–Crippen LogP) is 4.24. The van der Waals surface area contributed by atoms with E-state index in [9.17, 15) is 4.79 Å². The normalized spacial score (nSPS) is 14.7. The standard InChI is InChI=1S/C23H25N3O3.ClH/c1-16-14-17-4-2-3-5-21(17)26(16)15-18-10-12-29-22(18)23(27)25-19-6-8-20(9-7-19)28-13-11-24;/h2-10,12,16H,11,13-15,24H2,1H3,(H,25,27);1H. The number of furan rings is 1. The van der Waals surface area contributed by atoms with Crippen LogP contribution in [0.5, 0.6) is 5.75 Å². The zero-order valence-electron chi connectivity index (χ0n) is 16.8. The molecule has 6 nitrogen and oxygen atoms in total. The highest BCUT2D eigenvalue weighted by molar-refractivity contribution is 6.03. The fourth-order valence-electron chi connectivity index (χ4n) is 3.71. The molecule has 1 amide bonds. The average molecular weight is 428 g/mol. The molecule has 0 spiro atoms. The topological polar surface area (TPSA) is 80.7 Å². The molecule has 30 heavy (non-hydrogen) atoms. The summed E-state index contributed by atoms with van der Waals surface area (Å²) >= 11 is 0. The molecule has 1 aliphatic rings. The van der Waals surface area contributed by atoms with Crippen LogP contribution in [0.15, 0.2) is 65.3 Å². The van der Waals surface area contributed by atoms with Gasteiger partial charge < -0.3 is 25.1 Å². The molecule has 3 aromatic rings. The van der Waals surface area contributed by atoms with Crippen LogP contribution in [0.25, 0.3) is 0 Å². The van der Waals surface area contributed by atoms with Crippen LogP contribution in [-0.2, 0) is 13.0 Å². The number of carbonyl (C=O) groups excluding carboxylic acids is 1. The van der Waals surface area contributed by atoms with Gasteiger partial charge in [0.2, 0.25) is 0 Å². The highest BCUT2D eigenvalue weighted by Crippen LogP contribution is 2.33. The molecular weight excluding hydrogens is 402 g/mol. The van der Waals surface area contributed by atoms with Crippen molar-refractivity contribution in [1.29, 1.82) is 0 Å². The van der Waals surface area contributed by atoms with Crippen LogP contribution in [0.1, 0.15) is 28.6 Å². The number of nitrogens with two attached hydrogens (primary N) is 1. The lowest BCUT2D eigenvalue weighted by molar-refractivity contribution is 0.0995. The van der Waals surface area contributed by atoms with Gasteiger partial charge in [-0.05, 0) is 55.3 Å². The SMILES string of the molecule is CC1Cc2ccccc2N1Cc1ccoc1C(=O)Nc1ccc(OCCN)cc1.Cl. The van der Waals surface area contributed by atoms with Crippen molar-refractivity contribution in [1.82, 2.24) is 0 Å². The summed E-state index contributed by atoms with van der Waals surface area (Å²) in [6.45, 7) is 3.75. The molecule has 1 aliphatic heterocycles. The zero-order chi connectivity index (χ0) is 20.2. The van der Waals surface area contributed by atoms with E-state index in [0.29, 0.717) is 42.9 Å². The van der Waals surface area contributed by atoms with Crippen molar-refractivity contribution in [3.8, 4) is 5.75 Å². The summed E-state index contributed by atoms with van der Waals surface area (Å²) in [5, 5.41) is 2.89.